The summed E-state index contributed by atoms with van der Waals surface area (Å²) in [7, 11) is 1.73. The van der Waals surface area contributed by atoms with Gasteiger partial charge in [-0.15, -0.1) is 0 Å². The van der Waals surface area contributed by atoms with Gasteiger partial charge in [0.1, 0.15) is 0 Å². The average Bonchev–Trinajstić information content (AvgIpc) is 2.84. The van der Waals surface area contributed by atoms with Gasteiger partial charge in [-0.3, -0.25) is 9.48 Å². The lowest BCUT2D eigenvalue weighted by molar-refractivity contribution is 0.0768. The zero-order valence-electron chi connectivity index (χ0n) is 13.7. The van der Waals surface area contributed by atoms with Crippen molar-refractivity contribution < 1.29 is 9.90 Å². The van der Waals surface area contributed by atoms with Crippen LogP contribution < -0.4 is 0 Å². The zero-order chi connectivity index (χ0) is 17.0. The van der Waals surface area contributed by atoms with Crippen LogP contribution in [0.4, 0.5) is 0 Å². The number of hydrogen-bond donors (Lipinski definition) is 1. The predicted molar refractivity (Wildman–Crippen MR) is 90.8 cm³/mol. The van der Waals surface area contributed by atoms with E-state index >= 15 is 0 Å². The van der Waals surface area contributed by atoms with Crippen LogP contribution in [0, 0.1) is 6.92 Å². The lowest BCUT2D eigenvalue weighted by atomic mass is 10.2. The molecule has 1 aromatic heterocycles. The minimum absolute atomic E-state index is 0.0829. The molecule has 2 aromatic rings. The Morgan fingerprint density at radius 1 is 1.48 bits per heavy atom. The number of benzene rings is 1. The first-order valence-electron chi connectivity index (χ1n) is 7.59. The van der Waals surface area contributed by atoms with E-state index in [1.165, 1.54) is 0 Å². The molecule has 0 radical (unpaired) electrons. The second kappa shape index (κ2) is 7.62. The van der Waals surface area contributed by atoms with Gasteiger partial charge >= 0.3 is 0 Å². The molecule has 23 heavy (non-hydrogen) atoms. The van der Waals surface area contributed by atoms with Gasteiger partial charge in [0.15, 0.2) is 0 Å². The summed E-state index contributed by atoms with van der Waals surface area (Å²) in [5, 5.41) is 14.4. The molecule has 5 nitrogen and oxygen atoms in total. The van der Waals surface area contributed by atoms with Crippen LogP contribution in [0.15, 0.2) is 30.5 Å². The van der Waals surface area contributed by atoms with Crippen LogP contribution in [0.25, 0.3) is 0 Å². The summed E-state index contributed by atoms with van der Waals surface area (Å²) in [6, 6.07) is 7.57. The van der Waals surface area contributed by atoms with Crippen molar-refractivity contribution in [3.63, 3.8) is 0 Å². The van der Waals surface area contributed by atoms with Gasteiger partial charge in [-0.25, -0.2) is 0 Å². The van der Waals surface area contributed by atoms with E-state index in [1.807, 2.05) is 31.2 Å². The third-order valence-corrected chi connectivity index (χ3v) is 3.87. The molecule has 0 bridgehead atoms. The number of rotatable bonds is 6. The van der Waals surface area contributed by atoms with Gasteiger partial charge in [-0.2, -0.15) is 5.10 Å². The summed E-state index contributed by atoms with van der Waals surface area (Å²) in [4.78, 5) is 14.1. The van der Waals surface area contributed by atoms with Gasteiger partial charge in [0.2, 0.25) is 0 Å². The quantitative estimate of drug-likeness (QED) is 0.883. The fourth-order valence-electron chi connectivity index (χ4n) is 2.32. The largest absolute Gasteiger partial charge is 0.393 e. The fourth-order valence-corrected chi connectivity index (χ4v) is 2.53. The Hall–Kier alpha value is -1.85. The van der Waals surface area contributed by atoms with E-state index < -0.39 is 6.10 Å². The van der Waals surface area contributed by atoms with Gasteiger partial charge in [0, 0.05) is 24.8 Å². The number of aromatic nitrogens is 2. The van der Waals surface area contributed by atoms with E-state index in [1.54, 1.807) is 29.7 Å². The minimum atomic E-state index is -0.420. The van der Waals surface area contributed by atoms with Crippen LogP contribution in [0.1, 0.15) is 35.0 Å². The highest BCUT2D eigenvalue weighted by Crippen LogP contribution is 2.14. The van der Waals surface area contributed by atoms with Crippen molar-refractivity contribution in [3.05, 3.63) is 52.3 Å². The average molecular weight is 336 g/mol. The summed E-state index contributed by atoms with van der Waals surface area (Å²) in [5.41, 5.74) is 2.31. The second-order valence-corrected chi connectivity index (χ2v) is 6.26. The number of halogens is 1. The summed E-state index contributed by atoms with van der Waals surface area (Å²) in [6.07, 6.45) is 1.90. The molecule has 0 fully saturated rings. The maximum absolute atomic E-state index is 12.5. The zero-order valence-corrected chi connectivity index (χ0v) is 14.4. The van der Waals surface area contributed by atoms with Crippen LogP contribution in [0.3, 0.4) is 0 Å². The summed E-state index contributed by atoms with van der Waals surface area (Å²) in [6.45, 7) is 4.61. The van der Waals surface area contributed by atoms with Crippen molar-refractivity contribution in [2.45, 2.75) is 32.9 Å². The normalized spacial score (nSPS) is 12.2. The molecular weight excluding hydrogens is 314 g/mol. The first kappa shape index (κ1) is 17.5. The predicted octanol–water partition coefficient (Wildman–Crippen LogP) is 2.74. The van der Waals surface area contributed by atoms with Crippen LogP contribution in [0.5, 0.6) is 0 Å². The maximum atomic E-state index is 12.5. The van der Waals surface area contributed by atoms with Gasteiger partial charge in [0.05, 0.1) is 23.9 Å². The molecule has 1 aromatic carbocycles. The summed E-state index contributed by atoms with van der Waals surface area (Å²) in [5.74, 6) is -0.0829. The topological polar surface area (TPSA) is 58.4 Å². The number of nitrogens with zero attached hydrogens (tertiary/aromatic N) is 3. The third-order valence-electron chi connectivity index (χ3n) is 3.64. The number of aliphatic hydroxyl groups is 1. The number of carbonyl (C=O) groups is 1. The lowest BCUT2D eigenvalue weighted by Crippen LogP contribution is -2.29. The first-order valence-corrected chi connectivity index (χ1v) is 7.96. The van der Waals surface area contributed by atoms with Crippen molar-refractivity contribution in [3.8, 4) is 0 Å². The number of carbonyl (C=O) groups excluding carboxylic acids is 1. The van der Waals surface area contributed by atoms with Gasteiger partial charge in [-0.05, 0) is 38.0 Å². The number of aryl methyl sites for hydroxylation is 1. The molecule has 0 aliphatic carbocycles. The van der Waals surface area contributed by atoms with Crippen LogP contribution in [0.2, 0.25) is 5.02 Å². The Labute approximate surface area is 141 Å². The van der Waals surface area contributed by atoms with E-state index in [9.17, 15) is 9.90 Å². The third kappa shape index (κ3) is 4.81. The molecule has 0 spiro atoms. The lowest BCUT2D eigenvalue weighted by Gasteiger charge is -2.17. The van der Waals surface area contributed by atoms with Crippen molar-refractivity contribution in [2.75, 3.05) is 13.6 Å². The molecule has 124 valence electrons. The van der Waals surface area contributed by atoms with Crippen molar-refractivity contribution in [1.82, 2.24) is 14.7 Å². The highest BCUT2D eigenvalue weighted by atomic mass is 35.5. The first-order chi connectivity index (χ1) is 10.9. The Kier molecular flexibility index (Phi) is 5.80. The highest BCUT2D eigenvalue weighted by Gasteiger charge is 2.17. The Bertz CT molecular complexity index is 682. The van der Waals surface area contributed by atoms with Gasteiger partial charge < -0.3 is 10.0 Å². The monoisotopic (exact) mass is 335 g/mol. The van der Waals surface area contributed by atoms with Crippen LogP contribution >= 0.6 is 11.6 Å². The number of amides is 1. The standard InChI is InChI=1S/C17H22ClN3O2/c1-12(22)7-8-20(3)17(23)16-11-21(19-13(16)2)10-14-5-4-6-15(18)9-14/h4-6,9,11-12,22H,7-8,10H2,1-3H3. The Morgan fingerprint density at radius 2 is 2.22 bits per heavy atom. The molecule has 0 saturated carbocycles. The van der Waals surface area contributed by atoms with E-state index in [-0.39, 0.29) is 5.91 Å². The molecule has 2 rings (SSSR count). The molecular formula is C17H22ClN3O2. The molecule has 1 unspecified atom stereocenters. The van der Waals surface area contributed by atoms with Crippen LogP contribution in [-0.2, 0) is 6.54 Å². The smallest absolute Gasteiger partial charge is 0.257 e. The summed E-state index contributed by atoms with van der Waals surface area (Å²) >= 11 is 5.99. The molecule has 1 heterocycles. The van der Waals surface area contributed by atoms with Crippen molar-refractivity contribution in [2.24, 2.45) is 0 Å². The molecule has 0 aliphatic heterocycles. The van der Waals surface area contributed by atoms with Gasteiger partial charge in [0.25, 0.3) is 5.91 Å². The Balaban J connectivity index is 2.09. The van der Waals surface area contributed by atoms with Crippen molar-refractivity contribution in [1.29, 1.82) is 0 Å². The van der Waals surface area contributed by atoms with Crippen LogP contribution in [-0.4, -0.2) is 45.4 Å². The highest BCUT2D eigenvalue weighted by molar-refractivity contribution is 6.30. The molecule has 0 aliphatic rings. The SMILES string of the molecule is Cc1nn(Cc2cccc(Cl)c2)cc1C(=O)N(C)CCC(C)O. The minimum Gasteiger partial charge on any atom is -0.393 e. The molecule has 6 heteroatoms. The van der Waals surface area contributed by atoms with E-state index in [0.717, 1.165) is 5.56 Å². The Morgan fingerprint density at radius 3 is 2.87 bits per heavy atom. The molecule has 1 N–H and O–H groups in total. The molecule has 1 atom stereocenters. The number of hydrogen-bond acceptors (Lipinski definition) is 3. The van der Waals surface area contributed by atoms with E-state index in [2.05, 4.69) is 5.10 Å². The maximum Gasteiger partial charge on any atom is 0.257 e. The van der Waals surface area contributed by atoms with E-state index in [0.29, 0.717) is 35.8 Å². The van der Waals surface area contributed by atoms with Crippen molar-refractivity contribution >= 4 is 17.5 Å². The second-order valence-electron chi connectivity index (χ2n) is 5.82. The number of aliphatic hydroxyl groups excluding tert-OH is 1. The molecule has 1 amide bonds. The van der Waals surface area contributed by atoms with Gasteiger partial charge in [-0.1, -0.05) is 23.7 Å². The fraction of sp³-hybridized carbons (Fsp3) is 0.412. The summed E-state index contributed by atoms with van der Waals surface area (Å²) < 4.78 is 1.75. The molecule has 0 saturated heterocycles. The van der Waals surface area contributed by atoms with E-state index in [4.69, 9.17) is 11.6 Å².